The summed E-state index contributed by atoms with van der Waals surface area (Å²) in [5, 5.41) is 10.5. The second-order valence-electron chi connectivity index (χ2n) is 6.28. The zero-order chi connectivity index (χ0) is 18.0. The molecule has 0 aliphatic heterocycles. The van der Waals surface area contributed by atoms with E-state index in [2.05, 4.69) is 30.8 Å². The van der Waals surface area contributed by atoms with Crippen molar-refractivity contribution in [2.24, 2.45) is 10.9 Å². The van der Waals surface area contributed by atoms with Crippen molar-refractivity contribution in [3.63, 3.8) is 0 Å². The van der Waals surface area contributed by atoms with Gasteiger partial charge in [-0.25, -0.2) is 0 Å². The average molecular weight is 358 g/mol. The van der Waals surface area contributed by atoms with Crippen LogP contribution in [0.2, 0.25) is 0 Å². The first-order valence-electron chi connectivity index (χ1n) is 9.11. The SMILES string of the molecule is CN=C(NCCCOCC1CC1)NCCc1noc(-c2ccccn2)n1. The maximum Gasteiger partial charge on any atom is 0.276 e. The number of nitrogens with zero attached hydrogens (tertiary/aromatic N) is 4. The Bertz CT molecular complexity index is 684. The van der Waals surface area contributed by atoms with E-state index in [1.807, 2.05) is 18.2 Å². The fourth-order valence-corrected chi connectivity index (χ4v) is 2.38. The molecule has 0 bridgehead atoms. The van der Waals surface area contributed by atoms with Gasteiger partial charge < -0.3 is 19.9 Å². The Labute approximate surface area is 153 Å². The molecule has 0 atom stereocenters. The van der Waals surface area contributed by atoms with Crippen molar-refractivity contribution in [3.05, 3.63) is 30.2 Å². The van der Waals surface area contributed by atoms with Gasteiger partial charge >= 0.3 is 0 Å². The number of guanidine groups is 1. The molecule has 1 fully saturated rings. The summed E-state index contributed by atoms with van der Waals surface area (Å²) in [6, 6.07) is 5.58. The van der Waals surface area contributed by atoms with Crippen molar-refractivity contribution in [1.82, 2.24) is 25.8 Å². The molecule has 26 heavy (non-hydrogen) atoms. The number of pyridine rings is 1. The van der Waals surface area contributed by atoms with E-state index in [4.69, 9.17) is 9.26 Å². The summed E-state index contributed by atoms with van der Waals surface area (Å²) in [4.78, 5) is 12.8. The molecule has 140 valence electrons. The summed E-state index contributed by atoms with van der Waals surface area (Å²) in [6.45, 7) is 3.20. The molecule has 1 aliphatic carbocycles. The minimum atomic E-state index is 0.439. The van der Waals surface area contributed by atoms with Gasteiger partial charge in [-0.2, -0.15) is 4.98 Å². The van der Waals surface area contributed by atoms with Crippen LogP contribution in [0.25, 0.3) is 11.6 Å². The van der Waals surface area contributed by atoms with Crippen LogP contribution in [0.4, 0.5) is 0 Å². The smallest absolute Gasteiger partial charge is 0.276 e. The van der Waals surface area contributed by atoms with Crippen molar-refractivity contribution < 1.29 is 9.26 Å². The highest BCUT2D eigenvalue weighted by atomic mass is 16.5. The highest BCUT2D eigenvalue weighted by Gasteiger charge is 2.20. The van der Waals surface area contributed by atoms with Crippen molar-refractivity contribution in [2.75, 3.05) is 33.4 Å². The van der Waals surface area contributed by atoms with Gasteiger partial charge in [-0.05, 0) is 37.3 Å². The van der Waals surface area contributed by atoms with Crippen LogP contribution in [0, 0.1) is 5.92 Å². The van der Waals surface area contributed by atoms with Crippen LogP contribution in [-0.4, -0.2) is 54.4 Å². The van der Waals surface area contributed by atoms with E-state index in [1.54, 1.807) is 13.2 Å². The number of ether oxygens (including phenoxy) is 1. The molecular weight excluding hydrogens is 332 g/mol. The van der Waals surface area contributed by atoms with E-state index in [9.17, 15) is 0 Å². The van der Waals surface area contributed by atoms with E-state index in [0.717, 1.165) is 38.1 Å². The maximum absolute atomic E-state index is 5.62. The third kappa shape index (κ3) is 6.11. The Kier molecular flexibility index (Phi) is 6.95. The van der Waals surface area contributed by atoms with Gasteiger partial charge in [0, 0.05) is 46.0 Å². The third-order valence-electron chi connectivity index (χ3n) is 4.03. The summed E-state index contributed by atoms with van der Waals surface area (Å²) in [7, 11) is 1.76. The largest absolute Gasteiger partial charge is 0.381 e. The second kappa shape index (κ2) is 9.86. The second-order valence-corrected chi connectivity index (χ2v) is 6.28. The Morgan fingerprint density at radius 3 is 2.96 bits per heavy atom. The van der Waals surface area contributed by atoms with E-state index in [0.29, 0.717) is 30.4 Å². The first-order valence-corrected chi connectivity index (χ1v) is 9.11. The Hall–Kier alpha value is -2.48. The minimum Gasteiger partial charge on any atom is -0.381 e. The van der Waals surface area contributed by atoms with Crippen molar-refractivity contribution >= 4 is 5.96 Å². The lowest BCUT2D eigenvalue weighted by atomic mass is 10.3. The predicted molar refractivity (Wildman–Crippen MR) is 98.8 cm³/mol. The van der Waals surface area contributed by atoms with Gasteiger partial charge in [-0.1, -0.05) is 11.2 Å². The van der Waals surface area contributed by atoms with Crippen LogP contribution in [0.15, 0.2) is 33.9 Å². The zero-order valence-electron chi connectivity index (χ0n) is 15.1. The van der Waals surface area contributed by atoms with Crippen LogP contribution < -0.4 is 10.6 Å². The molecule has 2 N–H and O–H groups in total. The van der Waals surface area contributed by atoms with Crippen LogP contribution >= 0.6 is 0 Å². The standard InChI is InChI=1S/C18H26N6O2/c1-19-18(21-10-4-12-25-13-14-6-7-14)22-11-8-16-23-17(26-24-16)15-5-2-3-9-20-15/h2-3,5,9,14H,4,6-8,10-13H2,1H3,(H2,19,21,22). The van der Waals surface area contributed by atoms with Gasteiger partial charge in [0.05, 0.1) is 0 Å². The first kappa shape index (κ1) is 18.3. The highest BCUT2D eigenvalue weighted by molar-refractivity contribution is 5.79. The molecule has 0 amide bonds. The average Bonchev–Trinajstić information content (AvgIpc) is 3.39. The zero-order valence-corrected chi connectivity index (χ0v) is 15.1. The van der Waals surface area contributed by atoms with Gasteiger partial charge in [0.2, 0.25) is 0 Å². The lowest BCUT2D eigenvalue weighted by Gasteiger charge is -2.11. The molecule has 2 aromatic rings. The number of aliphatic imine (C=N–C) groups is 1. The van der Waals surface area contributed by atoms with Crippen LogP contribution in [-0.2, 0) is 11.2 Å². The van der Waals surface area contributed by atoms with Gasteiger partial charge in [-0.15, -0.1) is 0 Å². The van der Waals surface area contributed by atoms with E-state index in [1.165, 1.54) is 12.8 Å². The highest BCUT2D eigenvalue weighted by Crippen LogP contribution is 2.28. The van der Waals surface area contributed by atoms with Gasteiger partial charge in [0.1, 0.15) is 5.69 Å². The molecule has 2 aromatic heterocycles. The predicted octanol–water partition coefficient (Wildman–Crippen LogP) is 1.66. The summed E-state index contributed by atoms with van der Waals surface area (Å²) >= 11 is 0. The quantitative estimate of drug-likeness (QED) is 0.379. The van der Waals surface area contributed by atoms with Crippen molar-refractivity contribution in [3.8, 4) is 11.6 Å². The topological polar surface area (TPSA) is 97.5 Å². The van der Waals surface area contributed by atoms with Gasteiger partial charge in [0.15, 0.2) is 11.8 Å². The molecule has 1 saturated carbocycles. The first-order chi connectivity index (χ1) is 12.8. The number of rotatable bonds is 10. The molecule has 0 unspecified atom stereocenters. The lowest BCUT2D eigenvalue weighted by molar-refractivity contribution is 0.123. The number of hydrogen-bond acceptors (Lipinski definition) is 6. The third-order valence-corrected chi connectivity index (χ3v) is 4.03. The fourth-order valence-electron chi connectivity index (χ4n) is 2.38. The normalized spacial score (nSPS) is 14.4. The lowest BCUT2D eigenvalue weighted by Crippen LogP contribution is -2.39. The maximum atomic E-state index is 5.62. The molecule has 0 aromatic carbocycles. The van der Waals surface area contributed by atoms with Crippen LogP contribution in [0.5, 0.6) is 0 Å². The molecule has 2 heterocycles. The Balaban J connectivity index is 1.30. The van der Waals surface area contributed by atoms with E-state index in [-0.39, 0.29) is 0 Å². The number of aromatic nitrogens is 3. The van der Waals surface area contributed by atoms with Crippen molar-refractivity contribution in [1.29, 1.82) is 0 Å². The Morgan fingerprint density at radius 2 is 2.19 bits per heavy atom. The molecule has 1 aliphatic rings. The van der Waals surface area contributed by atoms with Crippen LogP contribution in [0.1, 0.15) is 25.1 Å². The van der Waals surface area contributed by atoms with E-state index < -0.39 is 0 Å². The van der Waals surface area contributed by atoms with E-state index >= 15 is 0 Å². The monoisotopic (exact) mass is 358 g/mol. The molecule has 0 spiro atoms. The molecule has 0 radical (unpaired) electrons. The minimum absolute atomic E-state index is 0.439. The Morgan fingerprint density at radius 1 is 1.31 bits per heavy atom. The molecule has 3 rings (SSSR count). The summed E-state index contributed by atoms with van der Waals surface area (Å²) < 4.78 is 10.9. The molecule has 0 saturated heterocycles. The fraction of sp³-hybridized carbons (Fsp3) is 0.556. The molecule has 8 heteroatoms. The van der Waals surface area contributed by atoms with Gasteiger partial charge in [0.25, 0.3) is 5.89 Å². The van der Waals surface area contributed by atoms with Crippen LogP contribution in [0.3, 0.4) is 0 Å². The van der Waals surface area contributed by atoms with Gasteiger partial charge in [-0.3, -0.25) is 9.98 Å². The number of hydrogen-bond donors (Lipinski definition) is 2. The van der Waals surface area contributed by atoms with Crippen molar-refractivity contribution in [2.45, 2.75) is 25.7 Å². The molecule has 8 nitrogen and oxygen atoms in total. The molecular formula is C18H26N6O2. The number of nitrogens with one attached hydrogen (secondary N) is 2. The summed E-state index contributed by atoms with van der Waals surface area (Å²) in [5.74, 6) is 2.66. The summed E-state index contributed by atoms with van der Waals surface area (Å²) in [6.07, 6.45) is 5.97. The summed E-state index contributed by atoms with van der Waals surface area (Å²) in [5.41, 5.74) is 0.681.